The van der Waals surface area contributed by atoms with Crippen LogP contribution in [0.15, 0.2) is 0 Å². The average Bonchev–Trinajstić information content (AvgIpc) is 2.12. The molecule has 1 atom stereocenters. The first-order valence-electron chi connectivity index (χ1n) is 5.28. The molecular formula is C10H17ClF3NO. The third-order valence-corrected chi connectivity index (χ3v) is 2.38. The third-order valence-electron chi connectivity index (χ3n) is 2.16. The van der Waals surface area contributed by atoms with Gasteiger partial charge in [-0.05, 0) is 18.8 Å². The van der Waals surface area contributed by atoms with Gasteiger partial charge >= 0.3 is 6.18 Å². The minimum absolute atomic E-state index is 0.166. The van der Waals surface area contributed by atoms with Gasteiger partial charge in [0, 0.05) is 12.4 Å². The monoisotopic (exact) mass is 259 g/mol. The molecule has 1 amide bonds. The fourth-order valence-corrected chi connectivity index (χ4v) is 1.72. The van der Waals surface area contributed by atoms with E-state index in [0.29, 0.717) is 12.3 Å². The number of carbonyl (C=O) groups excluding carboxylic acids is 1. The molecule has 1 N–H and O–H groups in total. The van der Waals surface area contributed by atoms with Crippen molar-refractivity contribution in [1.82, 2.24) is 5.32 Å². The fraction of sp³-hybridized carbons (Fsp3) is 0.900. The lowest BCUT2D eigenvalue weighted by atomic mass is 10.0. The van der Waals surface area contributed by atoms with E-state index < -0.39 is 18.5 Å². The molecule has 0 heterocycles. The van der Waals surface area contributed by atoms with Crippen molar-refractivity contribution in [2.75, 3.05) is 12.4 Å². The predicted molar refractivity (Wildman–Crippen MR) is 57.4 cm³/mol. The van der Waals surface area contributed by atoms with Crippen LogP contribution < -0.4 is 5.32 Å². The van der Waals surface area contributed by atoms with E-state index in [-0.39, 0.29) is 12.5 Å². The van der Waals surface area contributed by atoms with Gasteiger partial charge in [0.15, 0.2) is 0 Å². The SMILES string of the molecule is CCCC(CCCl)CNC(=O)CC(F)(F)F. The Hall–Kier alpha value is -0.450. The summed E-state index contributed by atoms with van der Waals surface area (Å²) in [5.74, 6) is -0.345. The summed E-state index contributed by atoms with van der Waals surface area (Å²) in [5.41, 5.74) is 0. The van der Waals surface area contributed by atoms with Crippen LogP contribution in [0, 0.1) is 5.92 Å². The molecule has 0 aliphatic carbocycles. The van der Waals surface area contributed by atoms with Crippen molar-refractivity contribution in [3.8, 4) is 0 Å². The average molecular weight is 260 g/mol. The molecule has 0 aromatic heterocycles. The van der Waals surface area contributed by atoms with Gasteiger partial charge in [-0.2, -0.15) is 13.2 Å². The van der Waals surface area contributed by atoms with E-state index in [1.807, 2.05) is 6.92 Å². The van der Waals surface area contributed by atoms with Crippen molar-refractivity contribution >= 4 is 17.5 Å². The van der Waals surface area contributed by atoms with E-state index >= 15 is 0 Å². The normalized spacial score (nSPS) is 13.6. The Labute approximate surface area is 98.5 Å². The lowest BCUT2D eigenvalue weighted by Crippen LogP contribution is -2.32. The van der Waals surface area contributed by atoms with Gasteiger partial charge in [0.05, 0.1) is 0 Å². The van der Waals surface area contributed by atoms with Gasteiger partial charge in [0.2, 0.25) is 5.91 Å². The zero-order chi connectivity index (χ0) is 12.6. The Morgan fingerprint density at radius 3 is 2.44 bits per heavy atom. The highest BCUT2D eigenvalue weighted by Gasteiger charge is 2.31. The molecule has 2 nitrogen and oxygen atoms in total. The van der Waals surface area contributed by atoms with Gasteiger partial charge in [-0.25, -0.2) is 0 Å². The number of carbonyl (C=O) groups is 1. The summed E-state index contributed by atoms with van der Waals surface area (Å²) < 4.78 is 35.5. The second-order valence-corrected chi connectivity index (χ2v) is 4.11. The van der Waals surface area contributed by atoms with Gasteiger partial charge in [0.1, 0.15) is 6.42 Å². The molecule has 0 saturated carbocycles. The van der Waals surface area contributed by atoms with Gasteiger partial charge in [-0.3, -0.25) is 4.79 Å². The molecule has 0 aromatic carbocycles. The molecule has 16 heavy (non-hydrogen) atoms. The first-order valence-corrected chi connectivity index (χ1v) is 5.82. The van der Waals surface area contributed by atoms with E-state index in [1.165, 1.54) is 0 Å². The van der Waals surface area contributed by atoms with E-state index in [9.17, 15) is 18.0 Å². The topological polar surface area (TPSA) is 29.1 Å². The quantitative estimate of drug-likeness (QED) is 0.700. The summed E-state index contributed by atoms with van der Waals surface area (Å²) in [4.78, 5) is 10.9. The second kappa shape index (κ2) is 7.76. The van der Waals surface area contributed by atoms with E-state index in [0.717, 1.165) is 12.8 Å². The van der Waals surface area contributed by atoms with Crippen molar-refractivity contribution in [1.29, 1.82) is 0 Å². The minimum atomic E-state index is -4.43. The maximum Gasteiger partial charge on any atom is 0.397 e. The molecule has 0 aromatic rings. The molecular weight excluding hydrogens is 243 g/mol. The van der Waals surface area contributed by atoms with Crippen molar-refractivity contribution in [2.24, 2.45) is 5.92 Å². The number of alkyl halides is 4. The molecule has 6 heteroatoms. The van der Waals surface area contributed by atoms with Gasteiger partial charge in [-0.15, -0.1) is 11.6 Å². The van der Waals surface area contributed by atoms with Crippen molar-refractivity contribution in [3.05, 3.63) is 0 Å². The molecule has 0 spiro atoms. The van der Waals surface area contributed by atoms with E-state index in [1.54, 1.807) is 0 Å². The highest BCUT2D eigenvalue weighted by Crippen LogP contribution is 2.19. The summed E-state index contributed by atoms with van der Waals surface area (Å²) in [6.45, 7) is 2.26. The second-order valence-electron chi connectivity index (χ2n) is 3.73. The van der Waals surface area contributed by atoms with Gasteiger partial charge in [-0.1, -0.05) is 13.3 Å². The van der Waals surface area contributed by atoms with Crippen LogP contribution in [0.25, 0.3) is 0 Å². The summed E-state index contributed by atoms with van der Waals surface area (Å²) in [6, 6.07) is 0. The Bertz CT molecular complexity index is 203. The predicted octanol–water partition coefficient (Wildman–Crippen LogP) is 3.10. The Balaban J connectivity index is 3.86. The number of nitrogens with one attached hydrogen (secondary N) is 1. The number of hydrogen-bond acceptors (Lipinski definition) is 1. The molecule has 0 rings (SSSR count). The highest BCUT2D eigenvalue weighted by molar-refractivity contribution is 6.17. The van der Waals surface area contributed by atoms with Crippen LogP contribution in [0.2, 0.25) is 0 Å². The van der Waals surface area contributed by atoms with Crippen LogP contribution in [0.3, 0.4) is 0 Å². The van der Waals surface area contributed by atoms with Gasteiger partial charge in [0.25, 0.3) is 0 Å². The highest BCUT2D eigenvalue weighted by atomic mass is 35.5. The Morgan fingerprint density at radius 1 is 1.38 bits per heavy atom. The van der Waals surface area contributed by atoms with Crippen LogP contribution in [0.5, 0.6) is 0 Å². The molecule has 0 radical (unpaired) electrons. The lowest BCUT2D eigenvalue weighted by molar-refractivity contribution is -0.153. The molecule has 0 saturated heterocycles. The number of hydrogen-bond donors (Lipinski definition) is 1. The first-order chi connectivity index (χ1) is 7.39. The largest absolute Gasteiger partial charge is 0.397 e. The first kappa shape index (κ1) is 15.6. The molecule has 1 unspecified atom stereocenters. The molecule has 0 fully saturated rings. The van der Waals surface area contributed by atoms with Crippen LogP contribution in [0.1, 0.15) is 32.6 Å². The lowest BCUT2D eigenvalue weighted by Gasteiger charge is -2.15. The van der Waals surface area contributed by atoms with Crippen molar-refractivity contribution < 1.29 is 18.0 Å². The van der Waals surface area contributed by atoms with Crippen LogP contribution in [-0.4, -0.2) is 24.5 Å². The van der Waals surface area contributed by atoms with Crippen LogP contribution in [-0.2, 0) is 4.79 Å². The summed E-state index contributed by atoms with van der Waals surface area (Å²) in [5, 5.41) is 2.29. The van der Waals surface area contributed by atoms with Crippen LogP contribution >= 0.6 is 11.6 Å². The zero-order valence-corrected chi connectivity index (χ0v) is 10.00. The third kappa shape index (κ3) is 8.83. The summed E-state index contributed by atoms with van der Waals surface area (Å²) >= 11 is 5.56. The maximum atomic E-state index is 11.8. The molecule has 0 aliphatic heterocycles. The smallest absolute Gasteiger partial charge is 0.356 e. The van der Waals surface area contributed by atoms with Crippen LogP contribution in [0.4, 0.5) is 13.2 Å². The number of amides is 1. The van der Waals surface area contributed by atoms with E-state index in [2.05, 4.69) is 5.32 Å². The van der Waals surface area contributed by atoms with Crippen molar-refractivity contribution in [2.45, 2.75) is 38.8 Å². The molecule has 0 bridgehead atoms. The number of halogens is 4. The van der Waals surface area contributed by atoms with Gasteiger partial charge < -0.3 is 5.32 Å². The molecule has 0 aliphatic rings. The summed E-state index contributed by atoms with van der Waals surface area (Å²) in [6.07, 6.45) is -3.35. The number of rotatable bonds is 7. The minimum Gasteiger partial charge on any atom is -0.356 e. The molecule has 96 valence electrons. The standard InChI is InChI=1S/C10H17ClF3NO/c1-2-3-8(4-5-11)7-15-9(16)6-10(12,13)14/h8H,2-7H2,1H3,(H,15,16). The summed E-state index contributed by atoms with van der Waals surface area (Å²) in [7, 11) is 0. The Kier molecular flexibility index (Phi) is 7.55. The van der Waals surface area contributed by atoms with Crippen molar-refractivity contribution in [3.63, 3.8) is 0 Å². The van der Waals surface area contributed by atoms with E-state index in [4.69, 9.17) is 11.6 Å². The maximum absolute atomic E-state index is 11.8. The fourth-order valence-electron chi connectivity index (χ4n) is 1.41. The Morgan fingerprint density at radius 2 is 2.00 bits per heavy atom. The zero-order valence-electron chi connectivity index (χ0n) is 9.24.